The third-order valence-electron chi connectivity index (χ3n) is 7.65. The van der Waals surface area contributed by atoms with Crippen molar-refractivity contribution in [2.75, 3.05) is 20.3 Å². The molecule has 0 spiro atoms. The van der Waals surface area contributed by atoms with Crippen molar-refractivity contribution in [1.82, 2.24) is 0 Å². The van der Waals surface area contributed by atoms with Crippen LogP contribution in [0, 0.1) is 19.7 Å². The molecule has 0 fully saturated rings. The first kappa shape index (κ1) is 28.7. The van der Waals surface area contributed by atoms with E-state index in [9.17, 15) is 9.90 Å². The third kappa shape index (κ3) is 6.43. The van der Waals surface area contributed by atoms with E-state index in [1.54, 1.807) is 26.0 Å². The normalized spacial score (nSPS) is 17.4. The molecule has 0 bridgehead atoms. The minimum absolute atomic E-state index is 0.0592. The van der Waals surface area contributed by atoms with Crippen LogP contribution in [0.5, 0.6) is 28.7 Å². The quantitative estimate of drug-likeness (QED) is 0.269. The number of fused-ring (bicyclic) bond motifs is 2. The Kier molecular flexibility index (Phi) is 8.13. The van der Waals surface area contributed by atoms with Crippen LogP contribution in [0.2, 0.25) is 0 Å². The Morgan fingerprint density at radius 3 is 2.56 bits per heavy atom. The van der Waals surface area contributed by atoms with E-state index in [0.29, 0.717) is 66.8 Å². The maximum Gasteiger partial charge on any atom is 0.306 e. The Morgan fingerprint density at radius 1 is 1.10 bits per heavy atom. The highest BCUT2D eigenvalue weighted by molar-refractivity contribution is 5.71. The van der Waals surface area contributed by atoms with Crippen molar-refractivity contribution in [3.8, 4) is 28.7 Å². The second-order valence-electron chi connectivity index (χ2n) is 11.5. The van der Waals surface area contributed by atoms with Crippen LogP contribution >= 0.6 is 0 Å². The third-order valence-corrected chi connectivity index (χ3v) is 7.65. The van der Waals surface area contributed by atoms with Crippen LogP contribution in [0.25, 0.3) is 0 Å². The minimum atomic E-state index is -0.791. The average Bonchev–Trinajstić information content (AvgIpc) is 3.51. The van der Waals surface area contributed by atoms with Gasteiger partial charge in [-0.15, -0.1) is 0 Å². The van der Waals surface area contributed by atoms with Gasteiger partial charge in [0, 0.05) is 35.1 Å². The van der Waals surface area contributed by atoms with E-state index in [2.05, 4.69) is 0 Å². The molecule has 1 heterocycles. The molecule has 0 aromatic heterocycles. The van der Waals surface area contributed by atoms with Crippen molar-refractivity contribution in [3.63, 3.8) is 0 Å². The number of carbonyl (C=O) groups is 1. The molecule has 3 aromatic carbocycles. The summed E-state index contributed by atoms with van der Waals surface area (Å²) in [6, 6.07) is 12.5. The van der Waals surface area contributed by atoms with Crippen LogP contribution in [0.4, 0.5) is 4.39 Å². The zero-order valence-corrected chi connectivity index (χ0v) is 24.2. The molecule has 8 heteroatoms. The topological polar surface area (TPSA) is 83.5 Å². The molecule has 1 aliphatic carbocycles. The Hall–Kier alpha value is -3.78. The van der Waals surface area contributed by atoms with E-state index < -0.39 is 11.7 Å². The van der Waals surface area contributed by atoms with Crippen molar-refractivity contribution >= 4 is 5.97 Å². The lowest BCUT2D eigenvalue weighted by atomic mass is 9.98. The molecule has 1 unspecified atom stereocenters. The minimum Gasteiger partial charge on any atom is -0.493 e. The van der Waals surface area contributed by atoms with Crippen LogP contribution in [-0.2, 0) is 16.0 Å². The van der Waals surface area contributed by atoms with Crippen LogP contribution in [0.1, 0.15) is 72.9 Å². The molecule has 41 heavy (non-hydrogen) atoms. The van der Waals surface area contributed by atoms with Crippen LogP contribution < -0.4 is 18.9 Å². The van der Waals surface area contributed by atoms with Gasteiger partial charge in [-0.2, -0.15) is 0 Å². The van der Waals surface area contributed by atoms with E-state index in [-0.39, 0.29) is 24.1 Å². The van der Waals surface area contributed by atoms with Crippen LogP contribution in [0.15, 0.2) is 42.5 Å². The average molecular weight is 565 g/mol. The lowest BCUT2D eigenvalue weighted by molar-refractivity contribution is -0.141. The Labute approximate surface area is 240 Å². The molecule has 1 aliphatic heterocycles. The van der Waals surface area contributed by atoms with E-state index in [1.807, 2.05) is 38.1 Å². The van der Waals surface area contributed by atoms with Crippen molar-refractivity contribution in [2.45, 2.75) is 71.0 Å². The van der Waals surface area contributed by atoms with Gasteiger partial charge in [0.1, 0.15) is 40.7 Å². The predicted octanol–water partition coefficient (Wildman–Crippen LogP) is 6.88. The molecule has 0 amide bonds. The summed E-state index contributed by atoms with van der Waals surface area (Å²) in [7, 11) is 1.38. The molecule has 0 saturated carbocycles. The molecule has 1 N–H and O–H groups in total. The van der Waals surface area contributed by atoms with Gasteiger partial charge in [-0.3, -0.25) is 4.79 Å². The number of ether oxygens (including phenoxy) is 5. The molecular weight excluding hydrogens is 527 g/mol. The van der Waals surface area contributed by atoms with E-state index in [4.69, 9.17) is 23.7 Å². The summed E-state index contributed by atoms with van der Waals surface area (Å²) in [6.07, 6.45) is 1.54. The monoisotopic (exact) mass is 564 g/mol. The number of aryl methyl sites for hydroxylation is 2. The first-order valence-corrected chi connectivity index (χ1v) is 14.0. The number of esters is 1. The fourth-order valence-electron chi connectivity index (χ4n) is 5.49. The fourth-order valence-corrected chi connectivity index (χ4v) is 5.49. The molecule has 3 aromatic rings. The summed E-state index contributed by atoms with van der Waals surface area (Å²) in [5.74, 6) is 2.62. The SMILES string of the molecule is COC(=O)CC1COc2cc(O[C@@H]3CCc4c(Oc5c(C)cc(OCCC(C)(C)O)cc5C)ccc(F)c43)ccc21. The number of hydrogen-bond acceptors (Lipinski definition) is 7. The molecular formula is C33H37FO7. The highest BCUT2D eigenvalue weighted by atomic mass is 19.1. The zero-order valence-electron chi connectivity index (χ0n) is 24.2. The molecule has 5 rings (SSSR count). The summed E-state index contributed by atoms with van der Waals surface area (Å²) in [5.41, 5.74) is 3.26. The number of methoxy groups -OCH3 is 1. The standard InChI is InChI=1S/C33H37FO7/c1-19-14-23(38-13-12-33(3,4)36)15-20(2)32(19)41-27-11-9-26(34)31-25(27)8-10-28(31)40-22-6-7-24-21(16-30(35)37-5)18-39-29(24)17-22/h6-7,9,11,14-15,17,21,28,36H,8,10,12-13,16,18H2,1-5H3/t21?,28-/m1/s1. The van der Waals surface area contributed by atoms with Gasteiger partial charge in [0.2, 0.25) is 0 Å². The number of benzene rings is 3. The summed E-state index contributed by atoms with van der Waals surface area (Å²) >= 11 is 0. The first-order chi connectivity index (χ1) is 19.5. The summed E-state index contributed by atoms with van der Waals surface area (Å²) in [5, 5.41) is 9.94. The molecule has 0 radical (unpaired) electrons. The number of carbonyl (C=O) groups excluding carboxylic acids is 1. The summed E-state index contributed by atoms with van der Waals surface area (Å²) in [6.45, 7) is 8.22. The van der Waals surface area contributed by atoms with Crippen molar-refractivity contribution < 1.29 is 38.0 Å². The maximum atomic E-state index is 15.2. The molecule has 2 aliphatic rings. The second kappa shape index (κ2) is 11.6. The van der Waals surface area contributed by atoms with Gasteiger partial charge < -0.3 is 28.8 Å². The number of halogens is 1. The van der Waals surface area contributed by atoms with E-state index in [1.165, 1.54) is 13.2 Å². The molecule has 2 atom stereocenters. The van der Waals surface area contributed by atoms with Gasteiger partial charge in [-0.1, -0.05) is 6.07 Å². The first-order valence-electron chi connectivity index (χ1n) is 14.0. The Bertz CT molecular complexity index is 1420. The van der Waals surface area contributed by atoms with Gasteiger partial charge in [0.15, 0.2) is 0 Å². The second-order valence-corrected chi connectivity index (χ2v) is 11.5. The Balaban J connectivity index is 1.31. The molecule has 218 valence electrons. The van der Waals surface area contributed by atoms with E-state index in [0.717, 1.165) is 22.3 Å². The van der Waals surface area contributed by atoms with E-state index >= 15 is 4.39 Å². The zero-order chi connectivity index (χ0) is 29.3. The number of aliphatic hydroxyl groups is 1. The van der Waals surface area contributed by atoms with Crippen molar-refractivity contribution in [1.29, 1.82) is 0 Å². The predicted molar refractivity (Wildman–Crippen MR) is 152 cm³/mol. The lowest BCUT2D eigenvalue weighted by Crippen LogP contribution is -2.21. The number of hydrogen-bond donors (Lipinski definition) is 1. The van der Waals surface area contributed by atoms with Gasteiger partial charge in [-0.05, 0) is 82.0 Å². The summed E-state index contributed by atoms with van der Waals surface area (Å²) < 4.78 is 44.3. The lowest BCUT2D eigenvalue weighted by Gasteiger charge is -2.19. The van der Waals surface area contributed by atoms with Crippen LogP contribution in [0.3, 0.4) is 0 Å². The van der Waals surface area contributed by atoms with Crippen molar-refractivity contribution in [3.05, 3.63) is 76.1 Å². The maximum absolute atomic E-state index is 15.2. The van der Waals surface area contributed by atoms with Crippen molar-refractivity contribution in [2.24, 2.45) is 0 Å². The smallest absolute Gasteiger partial charge is 0.306 e. The highest BCUT2D eigenvalue weighted by Crippen LogP contribution is 2.45. The number of rotatable bonds is 10. The van der Waals surface area contributed by atoms with Crippen LogP contribution in [-0.4, -0.2) is 37.0 Å². The molecule has 7 nitrogen and oxygen atoms in total. The van der Waals surface area contributed by atoms with Gasteiger partial charge in [0.05, 0.1) is 32.3 Å². The van der Waals surface area contributed by atoms with Gasteiger partial charge in [-0.25, -0.2) is 4.39 Å². The Morgan fingerprint density at radius 2 is 1.85 bits per heavy atom. The largest absolute Gasteiger partial charge is 0.493 e. The molecule has 0 saturated heterocycles. The van der Waals surface area contributed by atoms with Gasteiger partial charge >= 0.3 is 5.97 Å². The van der Waals surface area contributed by atoms with Gasteiger partial charge in [0.25, 0.3) is 0 Å². The fraction of sp³-hybridized carbons (Fsp3) is 0.424. The summed E-state index contributed by atoms with van der Waals surface area (Å²) in [4.78, 5) is 11.7. The highest BCUT2D eigenvalue weighted by Gasteiger charge is 2.32.